The number of fused-ring (bicyclic) bond motifs is 1. The molecule has 0 saturated carbocycles. The van der Waals surface area contributed by atoms with Crippen LogP contribution in [0.25, 0.3) is 10.8 Å². The molecule has 0 radical (unpaired) electrons. The highest BCUT2D eigenvalue weighted by Gasteiger charge is 2.21. The van der Waals surface area contributed by atoms with Crippen molar-refractivity contribution in [2.45, 2.75) is 18.9 Å². The van der Waals surface area contributed by atoms with Gasteiger partial charge < -0.3 is 9.64 Å². The molecule has 0 unspecified atom stereocenters. The van der Waals surface area contributed by atoms with E-state index in [1.165, 1.54) is 0 Å². The van der Waals surface area contributed by atoms with Crippen molar-refractivity contribution in [2.24, 2.45) is 0 Å². The number of carbonyl (C=O) groups excluding carboxylic acids is 1. The Morgan fingerprint density at radius 2 is 1.80 bits per heavy atom. The van der Waals surface area contributed by atoms with Crippen molar-refractivity contribution in [1.82, 2.24) is 4.90 Å². The molecule has 3 rings (SSSR count). The zero-order chi connectivity index (χ0) is 13.9. The number of likely N-dealkylation sites (tertiary alicyclic amines) is 1. The summed E-state index contributed by atoms with van der Waals surface area (Å²) in [5.74, 6) is -0.203. The van der Waals surface area contributed by atoms with Crippen molar-refractivity contribution in [2.75, 3.05) is 20.1 Å². The maximum absolute atomic E-state index is 12.2. The number of piperidine rings is 1. The molecule has 2 aromatic rings. The standard InChI is InChI=1S/C17H19NO2/c1-18-10-8-16(9-11-18)20-17(19)15-7-6-13-4-2-3-5-14(13)12-15/h2-7,12,16H,8-11H2,1H3. The molecule has 0 amide bonds. The molecular formula is C17H19NO2. The molecule has 0 bridgehead atoms. The van der Waals surface area contributed by atoms with E-state index in [9.17, 15) is 4.79 Å². The van der Waals surface area contributed by atoms with Gasteiger partial charge in [0.25, 0.3) is 0 Å². The summed E-state index contributed by atoms with van der Waals surface area (Å²) in [5.41, 5.74) is 0.641. The summed E-state index contributed by atoms with van der Waals surface area (Å²) in [6.45, 7) is 1.99. The van der Waals surface area contributed by atoms with E-state index in [1.807, 2.05) is 42.5 Å². The Kier molecular flexibility index (Phi) is 3.70. The fraction of sp³-hybridized carbons (Fsp3) is 0.353. The van der Waals surface area contributed by atoms with E-state index in [2.05, 4.69) is 11.9 Å². The minimum absolute atomic E-state index is 0.0603. The van der Waals surface area contributed by atoms with Crippen molar-refractivity contribution in [3.05, 3.63) is 48.0 Å². The predicted octanol–water partition coefficient (Wildman–Crippen LogP) is 3.09. The van der Waals surface area contributed by atoms with E-state index in [0.29, 0.717) is 5.56 Å². The first-order valence-electron chi connectivity index (χ1n) is 7.11. The highest BCUT2D eigenvalue weighted by Crippen LogP contribution is 2.18. The zero-order valence-corrected chi connectivity index (χ0v) is 11.7. The van der Waals surface area contributed by atoms with Crippen molar-refractivity contribution in [3.8, 4) is 0 Å². The zero-order valence-electron chi connectivity index (χ0n) is 11.7. The smallest absolute Gasteiger partial charge is 0.338 e. The second kappa shape index (κ2) is 5.63. The van der Waals surface area contributed by atoms with Gasteiger partial charge in [-0.2, -0.15) is 0 Å². The van der Waals surface area contributed by atoms with Gasteiger partial charge in [-0.1, -0.05) is 30.3 Å². The lowest BCUT2D eigenvalue weighted by Crippen LogP contribution is -2.35. The molecule has 3 heteroatoms. The number of esters is 1. The van der Waals surface area contributed by atoms with Gasteiger partial charge in [-0.15, -0.1) is 0 Å². The lowest BCUT2D eigenvalue weighted by molar-refractivity contribution is 0.0139. The molecule has 2 aromatic carbocycles. The van der Waals surface area contributed by atoms with Crippen molar-refractivity contribution >= 4 is 16.7 Å². The molecule has 1 aliphatic heterocycles. The van der Waals surface area contributed by atoms with Crippen LogP contribution in [0.4, 0.5) is 0 Å². The van der Waals surface area contributed by atoms with Crippen LogP contribution in [0.5, 0.6) is 0 Å². The van der Waals surface area contributed by atoms with Crippen LogP contribution in [0, 0.1) is 0 Å². The fourth-order valence-corrected chi connectivity index (χ4v) is 2.64. The minimum atomic E-state index is -0.203. The van der Waals surface area contributed by atoms with Crippen LogP contribution in [0.2, 0.25) is 0 Å². The SMILES string of the molecule is CN1CCC(OC(=O)c2ccc3ccccc3c2)CC1. The van der Waals surface area contributed by atoms with Gasteiger partial charge in [0.05, 0.1) is 5.56 Å². The summed E-state index contributed by atoms with van der Waals surface area (Å²) in [5, 5.41) is 2.22. The lowest BCUT2D eigenvalue weighted by Gasteiger charge is -2.28. The quantitative estimate of drug-likeness (QED) is 0.785. The van der Waals surface area contributed by atoms with Gasteiger partial charge >= 0.3 is 5.97 Å². The molecular weight excluding hydrogens is 250 g/mol. The van der Waals surface area contributed by atoms with Crippen LogP contribution in [0.3, 0.4) is 0 Å². The van der Waals surface area contributed by atoms with Crippen LogP contribution < -0.4 is 0 Å². The predicted molar refractivity (Wildman–Crippen MR) is 79.9 cm³/mol. The van der Waals surface area contributed by atoms with Gasteiger partial charge in [0.2, 0.25) is 0 Å². The van der Waals surface area contributed by atoms with Crippen LogP contribution in [0.1, 0.15) is 23.2 Å². The average Bonchev–Trinajstić information content (AvgIpc) is 2.49. The monoisotopic (exact) mass is 269 g/mol. The fourth-order valence-electron chi connectivity index (χ4n) is 2.64. The lowest BCUT2D eigenvalue weighted by atomic mass is 10.1. The van der Waals surface area contributed by atoms with E-state index in [-0.39, 0.29) is 12.1 Å². The average molecular weight is 269 g/mol. The van der Waals surface area contributed by atoms with Crippen LogP contribution in [-0.2, 0) is 4.74 Å². The van der Waals surface area contributed by atoms with E-state index in [0.717, 1.165) is 36.7 Å². The molecule has 1 fully saturated rings. The largest absolute Gasteiger partial charge is 0.459 e. The van der Waals surface area contributed by atoms with Gasteiger partial charge in [0.1, 0.15) is 6.10 Å². The van der Waals surface area contributed by atoms with Crippen LogP contribution >= 0.6 is 0 Å². The number of nitrogens with zero attached hydrogens (tertiary/aromatic N) is 1. The van der Waals surface area contributed by atoms with E-state index in [1.54, 1.807) is 0 Å². The Hall–Kier alpha value is -1.87. The Morgan fingerprint density at radius 1 is 1.10 bits per heavy atom. The second-order valence-corrected chi connectivity index (χ2v) is 5.47. The molecule has 3 nitrogen and oxygen atoms in total. The molecule has 20 heavy (non-hydrogen) atoms. The maximum Gasteiger partial charge on any atom is 0.338 e. The molecule has 1 saturated heterocycles. The van der Waals surface area contributed by atoms with Crippen molar-refractivity contribution in [3.63, 3.8) is 0 Å². The summed E-state index contributed by atoms with van der Waals surface area (Å²) < 4.78 is 5.61. The summed E-state index contributed by atoms with van der Waals surface area (Å²) in [4.78, 5) is 14.5. The summed E-state index contributed by atoms with van der Waals surface area (Å²) in [7, 11) is 2.10. The Balaban J connectivity index is 1.72. The molecule has 0 spiro atoms. The number of ether oxygens (including phenoxy) is 1. The number of carbonyl (C=O) groups is 1. The van der Waals surface area contributed by atoms with E-state index >= 15 is 0 Å². The summed E-state index contributed by atoms with van der Waals surface area (Å²) in [6, 6.07) is 13.8. The molecule has 1 heterocycles. The Bertz CT molecular complexity index is 615. The highest BCUT2D eigenvalue weighted by atomic mass is 16.5. The van der Waals surface area contributed by atoms with E-state index in [4.69, 9.17) is 4.74 Å². The number of hydrogen-bond acceptors (Lipinski definition) is 3. The third-order valence-electron chi connectivity index (χ3n) is 3.92. The molecule has 0 aromatic heterocycles. The molecule has 104 valence electrons. The third-order valence-corrected chi connectivity index (χ3v) is 3.92. The molecule has 1 aliphatic rings. The summed E-state index contributed by atoms with van der Waals surface area (Å²) in [6.07, 6.45) is 1.91. The van der Waals surface area contributed by atoms with Gasteiger partial charge in [-0.05, 0) is 42.8 Å². The Labute approximate surface area is 119 Å². The van der Waals surface area contributed by atoms with Gasteiger partial charge in [-0.3, -0.25) is 0 Å². The second-order valence-electron chi connectivity index (χ2n) is 5.47. The first-order valence-corrected chi connectivity index (χ1v) is 7.11. The van der Waals surface area contributed by atoms with Crippen molar-refractivity contribution in [1.29, 1.82) is 0 Å². The van der Waals surface area contributed by atoms with Gasteiger partial charge in [0, 0.05) is 13.1 Å². The third kappa shape index (κ3) is 2.83. The topological polar surface area (TPSA) is 29.5 Å². The first-order chi connectivity index (χ1) is 9.72. The van der Waals surface area contributed by atoms with Gasteiger partial charge in [0.15, 0.2) is 0 Å². The summed E-state index contributed by atoms with van der Waals surface area (Å²) >= 11 is 0. The number of benzene rings is 2. The minimum Gasteiger partial charge on any atom is -0.459 e. The molecule has 0 atom stereocenters. The van der Waals surface area contributed by atoms with Crippen LogP contribution in [0.15, 0.2) is 42.5 Å². The first kappa shape index (κ1) is 13.1. The maximum atomic E-state index is 12.2. The molecule has 0 aliphatic carbocycles. The molecule has 0 N–H and O–H groups in total. The van der Waals surface area contributed by atoms with E-state index < -0.39 is 0 Å². The number of hydrogen-bond donors (Lipinski definition) is 0. The number of rotatable bonds is 2. The Morgan fingerprint density at radius 3 is 2.55 bits per heavy atom. The van der Waals surface area contributed by atoms with Crippen LogP contribution in [-0.4, -0.2) is 37.1 Å². The normalized spacial score (nSPS) is 17.2. The van der Waals surface area contributed by atoms with Crippen molar-refractivity contribution < 1.29 is 9.53 Å². The van der Waals surface area contributed by atoms with Gasteiger partial charge in [-0.25, -0.2) is 4.79 Å². The highest BCUT2D eigenvalue weighted by molar-refractivity contribution is 5.95.